The van der Waals surface area contributed by atoms with Crippen LogP contribution < -0.4 is 11.1 Å². The van der Waals surface area contributed by atoms with Crippen molar-refractivity contribution < 1.29 is 32.3 Å². The third kappa shape index (κ3) is 4.04. The first-order valence-corrected chi connectivity index (χ1v) is 8.44. The van der Waals surface area contributed by atoms with E-state index in [4.69, 9.17) is 10.5 Å². The van der Waals surface area contributed by atoms with Gasteiger partial charge in [-0.05, 0) is 46.5 Å². The first-order valence-electron chi connectivity index (χ1n) is 8.44. The van der Waals surface area contributed by atoms with Gasteiger partial charge in [-0.15, -0.1) is 0 Å². The second-order valence-corrected chi connectivity index (χ2v) is 7.83. The Labute approximate surface area is 149 Å². The number of amides is 3. The normalized spacial score (nSPS) is 23.3. The number of halogens is 3. The third-order valence-corrected chi connectivity index (χ3v) is 4.68. The molecule has 1 saturated heterocycles. The summed E-state index contributed by atoms with van der Waals surface area (Å²) >= 11 is 0. The van der Waals surface area contributed by atoms with Crippen LogP contribution in [0.25, 0.3) is 0 Å². The maximum atomic E-state index is 13.6. The highest BCUT2D eigenvalue weighted by Gasteiger charge is 2.70. The van der Waals surface area contributed by atoms with Crippen LogP contribution in [0.1, 0.15) is 46.5 Å². The molecular formula is C16H24F3N3O4. The lowest BCUT2D eigenvalue weighted by Gasteiger charge is -2.34. The minimum Gasteiger partial charge on any atom is -0.444 e. The van der Waals surface area contributed by atoms with Gasteiger partial charge in [0.25, 0.3) is 0 Å². The highest BCUT2D eigenvalue weighted by Crippen LogP contribution is 2.60. The van der Waals surface area contributed by atoms with Crippen LogP contribution in [0.5, 0.6) is 0 Å². The number of primary amides is 1. The summed E-state index contributed by atoms with van der Waals surface area (Å²) in [6.07, 6.45) is -5.60. The van der Waals surface area contributed by atoms with Crippen molar-refractivity contribution in [2.24, 2.45) is 11.1 Å². The Kier molecular flexibility index (Phi) is 5.17. The van der Waals surface area contributed by atoms with E-state index < -0.39 is 47.2 Å². The molecule has 2 aliphatic rings. The first kappa shape index (κ1) is 20.3. The molecule has 3 N–H and O–H groups in total. The zero-order valence-corrected chi connectivity index (χ0v) is 15.0. The highest BCUT2D eigenvalue weighted by molar-refractivity contribution is 5.92. The number of carbonyl (C=O) groups excluding carboxylic acids is 3. The standard InChI is InChI=1S/C16H24F3N3O4/c1-14(2,3)26-13(25)21-10(15(6-7-15)16(17,18)19)12(24)22-8-4-5-9(22)11(20)23/h9-10H,4-8H2,1-3H3,(H2,20,23)(H,21,25)/t9-,10?/m0/s1. The summed E-state index contributed by atoms with van der Waals surface area (Å²) in [5, 5.41) is 2.09. The number of nitrogens with two attached hydrogens (primary N) is 1. The minimum absolute atomic E-state index is 0.118. The SMILES string of the molecule is CC(C)(C)OC(=O)NC(C(=O)N1CCC[C@H]1C(N)=O)C1(C(F)(F)F)CC1. The third-order valence-electron chi connectivity index (χ3n) is 4.68. The minimum atomic E-state index is -4.68. The van der Waals surface area contributed by atoms with Crippen molar-refractivity contribution in [2.45, 2.75) is 70.3 Å². The quantitative estimate of drug-likeness (QED) is 0.776. The molecule has 0 aromatic rings. The van der Waals surface area contributed by atoms with E-state index in [0.29, 0.717) is 12.8 Å². The van der Waals surface area contributed by atoms with Crippen molar-refractivity contribution in [2.75, 3.05) is 6.54 Å². The molecule has 0 aromatic heterocycles. The van der Waals surface area contributed by atoms with Crippen LogP contribution in [0, 0.1) is 5.41 Å². The van der Waals surface area contributed by atoms with Gasteiger partial charge in [0.1, 0.15) is 17.7 Å². The lowest BCUT2D eigenvalue weighted by molar-refractivity contribution is -0.199. The lowest BCUT2D eigenvalue weighted by Crippen LogP contribution is -2.59. The first-order chi connectivity index (χ1) is 11.8. The van der Waals surface area contributed by atoms with E-state index >= 15 is 0 Å². The molecule has 26 heavy (non-hydrogen) atoms. The number of likely N-dealkylation sites (tertiary alicyclic amines) is 1. The van der Waals surface area contributed by atoms with E-state index in [1.807, 2.05) is 0 Å². The fourth-order valence-corrected chi connectivity index (χ4v) is 3.22. The second-order valence-electron chi connectivity index (χ2n) is 7.83. The van der Waals surface area contributed by atoms with Crippen molar-refractivity contribution in [3.05, 3.63) is 0 Å². The summed E-state index contributed by atoms with van der Waals surface area (Å²) in [5.74, 6) is -1.73. The largest absolute Gasteiger partial charge is 0.444 e. The summed E-state index contributed by atoms with van der Waals surface area (Å²) < 4.78 is 45.8. The number of rotatable bonds is 4. The van der Waals surface area contributed by atoms with Gasteiger partial charge in [-0.3, -0.25) is 9.59 Å². The van der Waals surface area contributed by atoms with Gasteiger partial charge in [0.2, 0.25) is 11.8 Å². The summed E-state index contributed by atoms with van der Waals surface area (Å²) in [4.78, 5) is 37.4. The number of nitrogens with zero attached hydrogens (tertiary/aromatic N) is 1. The molecule has 1 heterocycles. The maximum Gasteiger partial charge on any atom is 0.408 e. The summed E-state index contributed by atoms with van der Waals surface area (Å²) in [5.41, 5.74) is 1.98. The molecule has 0 radical (unpaired) electrons. The zero-order valence-electron chi connectivity index (χ0n) is 15.0. The van der Waals surface area contributed by atoms with E-state index in [-0.39, 0.29) is 19.4 Å². The Balaban J connectivity index is 2.28. The highest BCUT2D eigenvalue weighted by atomic mass is 19.4. The number of nitrogens with one attached hydrogen (secondary N) is 1. The summed E-state index contributed by atoms with van der Waals surface area (Å²) in [6.45, 7) is 4.80. The summed E-state index contributed by atoms with van der Waals surface area (Å²) in [6, 6.07) is -2.81. The molecule has 3 amide bonds. The van der Waals surface area contributed by atoms with Crippen molar-refractivity contribution in [1.29, 1.82) is 0 Å². The van der Waals surface area contributed by atoms with Crippen LogP contribution in [0.3, 0.4) is 0 Å². The Morgan fingerprint density at radius 2 is 1.81 bits per heavy atom. The maximum absolute atomic E-state index is 13.6. The molecule has 0 aromatic carbocycles. The van der Waals surface area contributed by atoms with Crippen LogP contribution in [0.15, 0.2) is 0 Å². The lowest BCUT2D eigenvalue weighted by atomic mass is 9.94. The second kappa shape index (κ2) is 6.62. The van der Waals surface area contributed by atoms with Crippen molar-refractivity contribution in [3.8, 4) is 0 Å². The van der Waals surface area contributed by atoms with Gasteiger partial charge >= 0.3 is 12.3 Å². The number of carbonyl (C=O) groups is 3. The molecule has 1 aliphatic carbocycles. The molecule has 1 aliphatic heterocycles. The van der Waals surface area contributed by atoms with Gasteiger partial charge in [-0.25, -0.2) is 4.79 Å². The molecular weight excluding hydrogens is 355 g/mol. The Bertz CT molecular complexity index is 597. The predicted octanol–water partition coefficient (Wildman–Crippen LogP) is 1.70. The Morgan fingerprint density at radius 1 is 1.23 bits per heavy atom. The molecule has 2 fully saturated rings. The smallest absolute Gasteiger partial charge is 0.408 e. The van der Waals surface area contributed by atoms with E-state index in [2.05, 4.69) is 5.32 Å². The van der Waals surface area contributed by atoms with Crippen LogP contribution in [-0.2, 0) is 14.3 Å². The molecule has 0 bridgehead atoms. The molecule has 2 rings (SSSR count). The average Bonchev–Trinajstić information content (AvgIpc) is 3.12. The number of ether oxygens (including phenoxy) is 1. The van der Waals surface area contributed by atoms with Crippen LogP contribution in [0.4, 0.5) is 18.0 Å². The average molecular weight is 379 g/mol. The van der Waals surface area contributed by atoms with Gasteiger partial charge in [0, 0.05) is 6.54 Å². The van der Waals surface area contributed by atoms with Crippen molar-refractivity contribution >= 4 is 17.9 Å². The van der Waals surface area contributed by atoms with Gasteiger partial charge in [-0.2, -0.15) is 13.2 Å². The summed E-state index contributed by atoms with van der Waals surface area (Å²) in [7, 11) is 0. The van der Waals surface area contributed by atoms with Crippen molar-refractivity contribution in [3.63, 3.8) is 0 Å². The zero-order chi connectivity index (χ0) is 19.9. The van der Waals surface area contributed by atoms with Gasteiger partial charge in [-0.1, -0.05) is 0 Å². The molecule has 2 atom stereocenters. The Hall–Kier alpha value is -2.00. The number of alkyl halides is 3. The van der Waals surface area contributed by atoms with Gasteiger partial charge < -0.3 is 20.7 Å². The molecule has 1 unspecified atom stereocenters. The molecule has 1 saturated carbocycles. The fraction of sp³-hybridized carbons (Fsp3) is 0.812. The van der Waals surface area contributed by atoms with Crippen LogP contribution in [-0.4, -0.2) is 53.2 Å². The van der Waals surface area contributed by atoms with E-state index in [9.17, 15) is 27.6 Å². The fourth-order valence-electron chi connectivity index (χ4n) is 3.22. The molecule has 7 nitrogen and oxygen atoms in total. The number of hydrogen-bond acceptors (Lipinski definition) is 4. The van der Waals surface area contributed by atoms with Crippen molar-refractivity contribution in [1.82, 2.24) is 10.2 Å². The molecule has 148 valence electrons. The van der Waals surface area contributed by atoms with Gasteiger partial charge in [0.15, 0.2) is 0 Å². The van der Waals surface area contributed by atoms with E-state index in [1.165, 1.54) is 0 Å². The van der Waals surface area contributed by atoms with Crippen LogP contribution >= 0.6 is 0 Å². The van der Waals surface area contributed by atoms with Crippen LogP contribution in [0.2, 0.25) is 0 Å². The number of alkyl carbamates (subject to hydrolysis) is 1. The topological polar surface area (TPSA) is 102 Å². The monoisotopic (exact) mass is 379 g/mol. The van der Waals surface area contributed by atoms with Gasteiger partial charge in [0.05, 0.1) is 5.41 Å². The number of hydrogen-bond donors (Lipinski definition) is 2. The van der Waals surface area contributed by atoms with E-state index in [1.54, 1.807) is 20.8 Å². The molecule has 0 spiro atoms. The predicted molar refractivity (Wildman–Crippen MR) is 84.8 cm³/mol. The molecule has 10 heteroatoms. The van der Waals surface area contributed by atoms with E-state index in [0.717, 1.165) is 4.90 Å². The Morgan fingerprint density at radius 3 is 2.23 bits per heavy atom.